The molecule has 2 saturated heterocycles. The van der Waals surface area contributed by atoms with Crippen molar-refractivity contribution in [1.29, 1.82) is 0 Å². The Bertz CT molecular complexity index is 1020. The quantitative estimate of drug-likeness (QED) is 0.637. The zero-order valence-electron chi connectivity index (χ0n) is 20.7. The first-order valence-corrected chi connectivity index (χ1v) is 13.9. The van der Waals surface area contributed by atoms with Crippen LogP contribution in [0.2, 0.25) is 0 Å². The number of nitrogens with zero attached hydrogens (tertiary/aromatic N) is 4. The third kappa shape index (κ3) is 5.08. The van der Waals surface area contributed by atoms with Crippen LogP contribution in [0.15, 0.2) is 23.2 Å². The number of piperidine rings is 1. The smallest absolute Gasteiger partial charge is 0.290 e. The van der Waals surface area contributed by atoms with Gasteiger partial charge in [-0.2, -0.15) is 17.0 Å². The summed E-state index contributed by atoms with van der Waals surface area (Å²) in [5, 5.41) is 6.20. The van der Waals surface area contributed by atoms with Gasteiger partial charge in [0.2, 0.25) is 0 Å². The van der Waals surface area contributed by atoms with Crippen LogP contribution in [0.4, 0.5) is 11.4 Å². The number of carbonyl (C=O) groups excluding carboxylic acids is 1. The lowest BCUT2D eigenvalue weighted by Gasteiger charge is -2.39. The van der Waals surface area contributed by atoms with Gasteiger partial charge in [-0.05, 0) is 43.4 Å². The number of likely N-dealkylation sites (N-methyl/N-ethyl adjacent to an activating group) is 2. The number of rotatable bonds is 6. The highest BCUT2D eigenvalue weighted by Crippen LogP contribution is 2.35. The van der Waals surface area contributed by atoms with Crippen molar-refractivity contribution in [3.05, 3.63) is 23.8 Å². The van der Waals surface area contributed by atoms with E-state index in [0.717, 1.165) is 42.9 Å². The summed E-state index contributed by atoms with van der Waals surface area (Å²) in [6.45, 7) is 12.4. The molecule has 1 aromatic rings. The Morgan fingerprint density at radius 2 is 1.76 bits per heavy atom. The number of amides is 1. The fourth-order valence-electron chi connectivity index (χ4n) is 4.99. The third-order valence-electron chi connectivity index (χ3n) is 7.19. The lowest BCUT2D eigenvalue weighted by Crippen LogP contribution is -2.52. The summed E-state index contributed by atoms with van der Waals surface area (Å²) < 4.78 is 28.7. The Hall–Kier alpha value is -2.17. The van der Waals surface area contributed by atoms with E-state index in [-0.39, 0.29) is 17.9 Å². The fourth-order valence-corrected chi connectivity index (χ4v) is 6.70. The molecule has 0 aliphatic carbocycles. The van der Waals surface area contributed by atoms with Crippen molar-refractivity contribution in [2.24, 2.45) is 10.9 Å². The van der Waals surface area contributed by atoms with E-state index >= 15 is 0 Å². The van der Waals surface area contributed by atoms with E-state index < -0.39 is 10.2 Å². The Balaban J connectivity index is 1.63. The maximum absolute atomic E-state index is 12.9. The molecule has 3 heterocycles. The van der Waals surface area contributed by atoms with E-state index in [1.165, 1.54) is 0 Å². The van der Waals surface area contributed by atoms with Crippen LogP contribution in [0.25, 0.3) is 0 Å². The number of carbonyl (C=O) groups is 1. The molecular formula is C24H38N6O3S. The SMILES string of the molecule is CCN1CC(c2ccc(NC(=O)C3=NCC(C)N3)c(N3CCC(C)CC3)c2)CN(CC)S1(=O)=O. The van der Waals surface area contributed by atoms with Gasteiger partial charge in [-0.1, -0.05) is 26.8 Å². The summed E-state index contributed by atoms with van der Waals surface area (Å²) in [4.78, 5) is 19.5. The standard InChI is InChI=1S/C24H38N6O3S/c1-5-29-15-20(16-30(6-2)34(29,32)33)19-7-8-21(27-24(31)23-25-14-18(4)26-23)22(13-19)28-11-9-17(3)10-12-28/h7-8,13,17-18,20H,5-6,9-12,14-16H2,1-4H3,(H,25,26)(H,27,31). The summed E-state index contributed by atoms with van der Waals surface area (Å²) in [6, 6.07) is 6.32. The van der Waals surface area contributed by atoms with E-state index in [2.05, 4.69) is 33.5 Å². The number of benzene rings is 1. The zero-order valence-corrected chi connectivity index (χ0v) is 21.6. The lowest BCUT2D eigenvalue weighted by molar-refractivity contribution is -0.110. The van der Waals surface area contributed by atoms with Gasteiger partial charge in [0.15, 0.2) is 5.84 Å². The second kappa shape index (κ2) is 10.2. The molecule has 3 aliphatic rings. The first-order chi connectivity index (χ1) is 16.2. The molecule has 0 bridgehead atoms. The maximum atomic E-state index is 12.9. The molecular weight excluding hydrogens is 452 g/mol. The van der Waals surface area contributed by atoms with Crippen LogP contribution in [0.5, 0.6) is 0 Å². The van der Waals surface area contributed by atoms with Crippen molar-refractivity contribution in [1.82, 2.24) is 13.9 Å². The summed E-state index contributed by atoms with van der Waals surface area (Å²) in [6.07, 6.45) is 2.22. The fraction of sp³-hybridized carbons (Fsp3) is 0.667. The Labute approximate surface area is 203 Å². The van der Waals surface area contributed by atoms with E-state index in [0.29, 0.717) is 44.5 Å². The molecule has 1 aromatic carbocycles. The minimum Gasteiger partial charge on any atom is -0.370 e. The summed E-state index contributed by atoms with van der Waals surface area (Å²) in [5.41, 5.74) is 2.88. The molecule has 3 aliphatic heterocycles. The predicted molar refractivity (Wildman–Crippen MR) is 137 cm³/mol. The van der Waals surface area contributed by atoms with Crippen molar-refractivity contribution in [2.75, 3.05) is 56.0 Å². The van der Waals surface area contributed by atoms with Gasteiger partial charge in [0.05, 0.1) is 17.9 Å². The van der Waals surface area contributed by atoms with Gasteiger partial charge < -0.3 is 15.5 Å². The molecule has 2 fully saturated rings. The number of aliphatic imine (C=N–C) groups is 1. The average molecular weight is 491 g/mol. The number of hydrogen-bond acceptors (Lipinski definition) is 6. The van der Waals surface area contributed by atoms with Crippen molar-refractivity contribution >= 4 is 33.3 Å². The van der Waals surface area contributed by atoms with Gasteiger partial charge in [0, 0.05) is 51.2 Å². The molecule has 4 rings (SSSR count). The van der Waals surface area contributed by atoms with E-state index in [1.807, 2.05) is 32.9 Å². The predicted octanol–water partition coefficient (Wildman–Crippen LogP) is 2.24. The topological polar surface area (TPSA) is 97.3 Å². The Morgan fingerprint density at radius 3 is 2.32 bits per heavy atom. The van der Waals surface area contributed by atoms with Crippen LogP contribution in [-0.2, 0) is 15.0 Å². The number of nitrogens with one attached hydrogen (secondary N) is 2. The molecule has 9 nitrogen and oxygen atoms in total. The molecule has 2 N–H and O–H groups in total. The molecule has 188 valence electrons. The van der Waals surface area contributed by atoms with Crippen LogP contribution in [0.1, 0.15) is 52.0 Å². The van der Waals surface area contributed by atoms with Crippen LogP contribution < -0.4 is 15.5 Å². The third-order valence-corrected chi connectivity index (χ3v) is 9.31. The van der Waals surface area contributed by atoms with Gasteiger partial charge in [-0.3, -0.25) is 9.79 Å². The minimum atomic E-state index is -3.40. The van der Waals surface area contributed by atoms with Crippen LogP contribution in [-0.4, -0.2) is 80.6 Å². The number of hydrogen-bond donors (Lipinski definition) is 2. The number of amidine groups is 1. The molecule has 1 amide bonds. The highest BCUT2D eigenvalue weighted by molar-refractivity contribution is 7.86. The molecule has 0 saturated carbocycles. The van der Waals surface area contributed by atoms with Crippen LogP contribution >= 0.6 is 0 Å². The largest absolute Gasteiger partial charge is 0.370 e. The van der Waals surface area contributed by atoms with E-state index in [4.69, 9.17) is 0 Å². The first kappa shape index (κ1) is 24.9. The van der Waals surface area contributed by atoms with Gasteiger partial charge in [0.1, 0.15) is 0 Å². The second-order valence-electron chi connectivity index (χ2n) is 9.74. The number of anilines is 2. The Kier molecular flexibility index (Phi) is 7.49. The van der Waals surface area contributed by atoms with E-state index in [9.17, 15) is 13.2 Å². The highest BCUT2D eigenvalue weighted by Gasteiger charge is 2.37. The van der Waals surface area contributed by atoms with Crippen molar-refractivity contribution < 1.29 is 13.2 Å². The minimum absolute atomic E-state index is 0.0670. The second-order valence-corrected chi connectivity index (χ2v) is 11.7. The van der Waals surface area contributed by atoms with Crippen LogP contribution in [0, 0.1) is 5.92 Å². The first-order valence-electron chi connectivity index (χ1n) is 12.5. The van der Waals surface area contributed by atoms with Crippen molar-refractivity contribution in [3.63, 3.8) is 0 Å². The monoisotopic (exact) mass is 490 g/mol. The van der Waals surface area contributed by atoms with E-state index in [1.54, 1.807) is 8.61 Å². The normalized spacial score (nSPS) is 24.6. The zero-order chi connectivity index (χ0) is 24.5. The summed E-state index contributed by atoms with van der Waals surface area (Å²) in [7, 11) is -3.40. The summed E-state index contributed by atoms with van der Waals surface area (Å²) >= 11 is 0. The Morgan fingerprint density at radius 1 is 1.12 bits per heavy atom. The van der Waals surface area contributed by atoms with Gasteiger partial charge in [-0.25, -0.2) is 0 Å². The van der Waals surface area contributed by atoms with Crippen molar-refractivity contribution in [3.8, 4) is 0 Å². The summed E-state index contributed by atoms with van der Waals surface area (Å²) in [5.74, 6) is 0.916. The lowest BCUT2D eigenvalue weighted by atomic mass is 9.95. The van der Waals surface area contributed by atoms with Gasteiger partial charge >= 0.3 is 0 Å². The maximum Gasteiger partial charge on any atom is 0.290 e. The van der Waals surface area contributed by atoms with Crippen molar-refractivity contribution in [2.45, 2.75) is 52.5 Å². The molecule has 0 radical (unpaired) electrons. The van der Waals surface area contributed by atoms with Gasteiger partial charge in [-0.15, -0.1) is 0 Å². The molecule has 1 atom stereocenters. The molecule has 34 heavy (non-hydrogen) atoms. The average Bonchev–Trinajstić information content (AvgIpc) is 3.26. The van der Waals surface area contributed by atoms with Crippen LogP contribution in [0.3, 0.4) is 0 Å². The molecule has 0 aromatic heterocycles. The van der Waals surface area contributed by atoms with Gasteiger partial charge in [0.25, 0.3) is 16.1 Å². The molecule has 0 spiro atoms. The highest BCUT2D eigenvalue weighted by atomic mass is 32.2. The molecule has 1 unspecified atom stereocenters. The molecule has 10 heteroatoms.